The molecular formula is C10H11ClFN2O. The molecule has 0 saturated heterocycles. The van der Waals surface area contributed by atoms with Crippen LogP contribution in [0.25, 0.3) is 0 Å². The van der Waals surface area contributed by atoms with E-state index in [4.69, 9.17) is 17.3 Å². The minimum atomic E-state index is -0.761. The van der Waals surface area contributed by atoms with Gasteiger partial charge in [-0.15, -0.1) is 0 Å². The van der Waals surface area contributed by atoms with E-state index in [1.165, 1.54) is 0 Å². The summed E-state index contributed by atoms with van der Waals surface area (Å²) < 4.78 is 13.7. The van der Waals surface area contributed by atoms with Gasteiger partial charge in [-0.2, -0.15) is 0 Å². The van der Waals surface area contributed by atoms with Crippen molar-refractivity contribution in [2.45, 2.75) is 26.2 Å². The highest BCUT2D eigenvalue weighted by Crippen LogP contribution is 2.30. The molecule has 0 bridgehead atoms. The summed E-state index contributed by atoms with van der Waals surface area (Å²) in [5.41, 5.74) is 4.62. The van der Waals surface area contributed by atoms with Crippen molar-refractivity contribution in [3.05, 3.63) is 28.3 Å². The fourth-order valence-electron chi connectivity index (χ4n) is 1.31. The number of hydrogen-bond donors (Lipinski definition) is 1. The molecular weight excluding hydrogens is 219 g/mol. The van der Waals surface area contributed by atoms with Gasteiger partial charge in [-0.1, -0.05) is 32.4 Å². The molecule has 1 aromatic heterocycles. The molecule has 5 heteroatoms. The standard InChI is InChI=1S/C10H11ClFN2O/c1-10(2,3)6-5(9(13)15)4-14-8(11)7(6)12/h1-3H3,(H2,13,15). The molecule has 0 atom stereocenters. The number of halogens is 2. The fourth-order valence-corrected chi connectivity index (χ4v) is 1.44. The van der Waals surface area contributed by atoms with Crippen molar-refractivity contribution in [3.63, 3.8) is 0 Å². The molecule has 15 heavy (non-hydrogen) atoms. The van der Waals surface area contributed by atoms with Crippen LogP contribution in [0.3, 0.4) is 0 Å². The molecule has 0 aliphatic carbocycles. The molecule has 1 aromatic rings. The van der Waals surface area contributed by atoms with E-state index in [2.05, 4.69) is 11.2 Å². The van der Waals surface area contributed by atoms with E-state index in [1.54, 1.807) is 20.8 Å². The first kappa shape index (κ1) is 11.9. The minimum absolute atomic E-state index is 0.0515. The van der Waals surface area contributed by atoms with Crippen LogP contribution in [0, 0.1) is 12.0 Å². The highest BCUT2D eigenvalue weighted by molar-refractivity contribution is 6.29. The maximum atomic E-state index is 13.7. The number of pyridine rings is 1. The number of primary amides is 1. The number of aromatic nitrogens is 1. The molecule has 1 rings (SSSR count). The van der Waals surface area contributed by atoms with Crippen molar-refractivity contribution < 1.29 is 9.18 Å². The van der Waals surface area contributed by atoms with Crippen LogP contribution in [0.5, 0.6) is 0 Å². The van der Waals surface area contributed by atoms with E-state index < -0.39 is 17.1 Å². The SMILES string of the molecule is CC(C)(C)c1c(C(N)=O)[c]nc(Cl)c1F. The smallest absolute Gasteiger partial charge is 0.251 e. The van der Waals surface area contributed by atoms with E-state index in [9.17, 15) is 9.18 Å². The number of nitrogens with two attached hydrogens (primary N) is 1. The van der Waals surface area contributed by atoms with Crippen molar-refractivity contribution in [2.24, 2.45) is 5.73 Å². The van der Waals surface area contributed by atoms with Gasteiger partial charge >= 0.3 is 0 Å². The summed E-state index contributed by atoms with van der Waals surface area (Å²) in [6, 6.07) is 0. The summed E-state index contributed by atoms with van der Waals surface area (Å²) in [6.07, 6.45) is 2.36. The van der Waals surface area contributed by atoms with Crippen LogP contribution in [0.2, 0.25) is 5.15 Å². The lowest BCUT2D eigenvalue weighted by Gasteiger charge is -2.22. The first-order chi connectivity index (χ1) is 6.75. The van der Waals surface area contributed by atoms with Gasteiger partial charge < -0.3 is 5.73 Å². The monoisotopic (exact) mass is 229 g/mol. The molecule has 0 aromatic carbocycles. The van der Waals surface area contributed by atoms with E-state index in [-0.39, 0.29) is 16.3 Å². The first-order valence-electron chi connectivity index (χ1n) is 4.32. The summed E-state index contributed by atoms with van der Waals surface area (Å²) in [5, 5.41) is -0.301. The average Bonchev–Trinajstić information content (AvgIpc) is 2.06. The Morgan fingerprint density at radius 1 is 1.53 bits per heavy atom. The Hall–Kier alpha value is -1.16. The fraction of sp³-hybridized carbons (Fsp3) is 0.400. The van der Waals surface area contributed by atoms with Crippen LogP contribution in [0.1, 0.15) is 36.7 Å². The molecule has 1 heterocycles. The van der Waals surface area contributed by atoms with Crippen LogP contribution in [-0.4, -0.2) is 10.9 Å². The average molecular weight is 230 g/mol. The van der Waals surface area contributed by atoms with Gasteiger partial charge in [-0.05, 0) is 5.41 Å². The largest absolute Gasteiger partial charge is 0.366 e. The number of carbonyl (C=O) groups is 1. The third-order valence-corrected chi connectivity index (χ3v) is 2.16. The topological polar surface area (TPSA) is 56.0 Å². The molecule has 0 unspecified atom stereocenters. The van der Waals surface area contributed by atoms with Gasteiger partial charge in [0.05, 0.1) is 5.56 Å². The van der Waals surface area contributed by atoms with Gasteiger partial charge in [0, 0.05) is 5.56 Å². The lowest BCUT2D eigenvalue weighted by Crippen LogP contribution is -2.23. The third-order valence-electron chi connectivity index (χ3n) is 1.91. The third kappa shape index (κ3) is 2.26. The van der Waals surface area contributed by atoms with Crippen LogP contribution in [0.15, 0.2) is 0 Å². The zero-order valence-electron chi connectivity index (χ0n) is 8.69. The van der Waals surface area contributed by atoms with Crippen molar-refractivity contribution >= 4 is 17.5 Å². The molecule has 1 amide bonds. The Morgan fingerprint density at radius 2 is 2.07 bits per heavy atom. The Balaban J connectivity index is 3.57. The molecule has 0 aliphatic rings. The second-order valence-electron chi connectivity index (χ2n) is 4.19. The summed E-state index contributed by atoms with van der Waals surface area (Å²) in [5.74, 6) is -1.47. The second kappa shape index (κ2) is 3.77. The van der Waals surface area contributed by atoms with Crippen molar-refractivity contribution in [2.75, 3.05) is 0 Å². The first-order valence-corrected chi connectivity index (χ1v) is 4.70. The Morgan fingerprint density at radius 3 is 2.47 bits per heavy atom. The van der Waals surface area contributed by atoms with Gasteiger partial charge in [-0.3, -0.25) is 4.79 Å². The predicted octanol–water partition coefficient (Wildman–Crippen LogP) is 2.07. The van der Waals surface area contributed by atoms with E-state index >= 15 is 0 Å². The van der Waals surface area contributed by atoms with Crippen LogP contribution >= 0.6 is 11.6 Å². The number of hydrogen-bond acceptors (Lipinski definition) is 2. The molecule has 3 nitrogen and oxygen atoms in total. The lowest BCUT2D eigenvalue weighted by atomic mass is 9.84. The summed E-state index contributed by atoms with van der Waals surface area (Å²) >= 11 is 5.53. The Bertz CT molecular complexity index is 413. The number of rotatable bonds is 1. The Labute approximate surface area is 92.4 Å². The number of amides is 1. The number of carbonyl (C=O) groups excluding carboxylic acids is 1. The summed E-state index contributed by atoms with van der Waals surface area (Å²) in [7, 11) is 0. The maximum absolute atomic E-state index is 13.7. The van der Waals surface area contributed by atoms with E-state index in [0.29, 0.717) is 0 Å². The summed E-state index contributed by atoms with van der Waals surface area (Å²) in [6.45, 7) is 5.26. The van der Waals surface area contributed by atoms with Crippen LogP contribution < -0.4 is 5.73 Å². The normalized spacial score (nSPS) is 11.5. The minimum Gasteiger partial charge on any atom is -0.366 e. The van der Waals surface area contributed by atoms with Crippen molar-refractivity contribution in [1.29, 1.82) is 0 Å². The lowest BCUT2D eigenvalue weighted by molar-refractivity contribution is 0.0996. The zero-order chi connectivity index (χ0) is 11.8. The van der Waals surface area contributed by atoms with Crippen molar-refractivity contribution in [1.82, 2.24) is 4.98 Å². The molecule has 0 saturated carbocycles. The van der Waals surface area contributed by atoms with Gasteiger partial charge in [-0.25, -0.2) is 9.37 Å². The molecule has 81 valence electrons. The van der Waals surface area contributed by atoms with Gasteiger partial charge in [0.15, 0.2) is 11.0 Å². The van der Waals surface area contributed by atoms with Gasteiger partial charge in [0.1, 0.15) is 6.20 Å². The van der Waals surface area contributed by atoms with E-state index in [0.717, 1.165) is 0 Å². The van der Waals surface area contributed by atoms with Gasteiger partial charge in [0.25, 0.3) is 5.91 Å². The quantitative estimate of drug-likeness (QED) is 0.750. The van der Waals surface area contributed by atoms with Crippen LogP contribution in [0.4, 0.5) is 4.39 Å². The highest BCUT2D eigenvalue weighted by atomic mass is 35.5. The maximum Gasteiger partial charge on any atom is 0.251 e. The zero-order valence-corrected chi connectivity index (χ0v) is 9.44. The van der Waals surface area contributed by atoms with Gasteiger partial charge in [0.2, 0.25) is 0 Å². The highest BCUT2D eigenvalue weighted by Gasteiger charge is 2.27. The molecule has 0 spiro atoms. The summed E-state index contributed by atoms with van der Waals surface area (Å²) in [4.78, 5) is 14.5. The van der Waals surface area contributed by atoms with Crippen molar-refractivity contribution in [3.8, 4) is 0 Å². The van der Waals surface area contributed by atoms with E-state index in [1.807, 2.05) is 0 Å². The molecule has 0 fully saturated rings. The molecule has 1 radical (unpaired) electrons. The molecule has 0 aliphatic heterocycles. The molecule has 2 N–H and O–H groups in total. The predicted molar refractivity (Wildman–Crippen MR) is 55.3 cm³/mol. The second-order valence-corrected chi connectivity index (χ2v) is 4.55. The Kier molecular flexibility index (Phi) is 3.00. The number of nitrogens with zero attached hydrogens (tertiary/aromatic N) is 1. The van der Waals surface area contributed by atoms with Crippen LogP contribution in [-0.2, 0) is 5.41 Å².